The smallest absolute Gasteiger partial charge is 0.334 e. The van der Waals surface area contributed by atoms with Crippen molar-refractivity contribution >= 4 is 22.9 Å². The van der Waals surface area contributed by atoms with Gasteiger partial charge in [0.15, 0.2) is 0 Å². The van der Waals surface area contributed by atoms with Crippen molar-refractivity contribution in [3.63, 3.8) is 0 Å². The Morgan fingerprint density at radius 3 is 2.30 bits per heavy atom. The third kappa shape index (κ3) is 9.10. The lowest BCUT2D eigenvalue weighted by Gasteiger charge is -2.19. The molecule has 4 rings (SSSR count). The SMILES string of the molecule is Cc1ccc(C#Cc2ccc3oc(CC(C)C(=O)OCC4C/C(=C\CC(CC(C)C)CC(C)C)C(=O)O4)c(C)c3c2)cc1. The van der Waals surface area contributed by atoms with Gasteiger partial charge in [0, 0.05) is 34.9 Å². The Labute approximate surface area is 257 Å². The second kappa shape index (κ2) is 14.6. The molecule has 0 spiro atoms. The van der Waals surface area contributed by atoms with Crippen LogP contribution in [0.5, 0.6) is 0 Å². The molecule has 0 radical (unpaired) electrons. The van der Waals surface area contributed by atoms with Crippen molar-refractivity contribution in [2.24, 2.45) is 23.7 Å². The third-order valence-electron chi connectivity index (χ3n) is 8.03. The lowest BCUT2D eigenvalue weighted by atomic mass is 9.86. The number of esters is 2. The summed E-state index contributed by atoms with van der Waals surface area (Å²) in [6, 6.07) is 14.1. The van der Waals surface area contributed by atoms with Crippen LogP contribution in [0.4, 0.5) is 0 Å². The first-order chi connectivity index (χ1) is 20.5. The Bertz CT molecular complexity index is 1500. The number of carbonyl (C=O) groups is 2. The van der Waals surface area contributed by atoms with Crippen LogP contribution < -0.4 is 0 Å². The van der Waals surface area contributed by atoms with Crippen LogP contribution in [0.2, 0.25) is 0 Å². The van der Waals surface area contributed by atoms with Crippen LogP contribution in [0, 0.1) is 49.4 Å². The molecule has 1 aromatic heterocycles. The van der Waals surface area contributed by atoms with E-state index in [1.807, 2.05) is 50.3 Å². The Hall–Kier alpha value is -3.78. The predicted molar refractivity (Wildman–Crippen MR) is 172 cm³/mol. The first-order valence-corrected chi connectivity index (χ1v) is 15.7. The van der Waals surface area contributed by atoms with Crippen molar-refractivity contribution in [2.45, 2.75) is 86.7 Å². The van der Waals surface area contributed by atoms with E-state index in [1.165, 1.54) is 5.56 Å². The normalized spacial score (nSPS) is 16.7. The molecule has 1 fully saturated rings. The highest BCUT2D eigenvalue weighted by atomic mass is 16.6. The molecule has 1 aliphatic rings. The number of rotatable bonds is 11. The summed E-state index contributed by atoms with van der Waals surface area (Å²) < 4.78 is 17.2. The summed E-state index contributed by atoms with van der Waals surface area (Å²) in [5.41, 5.74) is 5.56. The molecule has 3 aromatic rings. The van der Waals surface area contributed by atoms with Crippen LogP contribution in [0.15, 0.2) is 58.5 Å². The van der Waals surface area contributed by atoms with Gasteiger partial charge in [0.25, 0.3) is 0 Å². The maximum atomic E-state index is 12.9. The van der Waals surface area contributed by atoms with Gasteiger partial charge in [-0.2, -0.15) is 0 Å². The fourth-order valence-electron chi connectivity index (χ4n) is 5.79. The van der Waals surface area contributed by atoms with E-state index in [2.05, 4.69) is 58.6 Å². The molecule has 0 saturated carbocycles. The molecule has 0 amide bonds. The molecule has 43 heavy (non-hydrogen) atoms. The quantitative estimate of drug-likeness (QED) is 0.129. The predicted octanol–water partition coefficient (Wildman–Crippen LogP) is 8.51. The molecule has 5 heteroatoms. The van der Waals surface area contributed by atoms with Crippen LogP contribution in [-0.4, -0.2) is 24.6 Å². The molecule has 228 valence electrons. The number of aryl methyl sites for hydroxylation is 2. The standard InChI is InChI=1S/C38H46O5/c1-24(2)18-31(19-25(3)4)14-16-32-22-33(42-38(32)40)23-41-37(39)27(6)20-36-28(7)34-21-30(15-17-35(34)43-36)13-12-29-10-8-26(5)9-11-29/h8-11,15-17,21,24-25,27,31,33H,14,18-20,22-23H2,1-7H3/b32-16+. The van der Waals surface area contributed by atoms with E-state index in [4.69, 9.17) is 13.9 Å². The third-order valence-corrected chi connectivity index (χ3v) is 8.03. The fourth-order valence-corrected chi connectivity index (χ4v) is 5.79. The number of hydrogen-bond acceptors (Lipinski definition) is 5. The minimum Gasteiger partial charge on any atom is -0.462 e. The molecule has 5 nitrogen and oxygen atoms in total. The maximum absolute atomic E-state index is 12.9. The molecule has 1 saturated heterocycles. The molecule has 0 N–H and O–H groups in total. The zero-order valence-corrected chi connectivity index (χ0v) is 26.8. The van der Waals surface area contributed by atoms with Crippen molar-refractivity contribution < 1.29 is 23.5 Å². The number of hydrogen-bond donors (Lipinski definition) is 0. The van der Waals surface area contributed by atoms with E-state index < -0.39 is 12.0 Å². The maximum Gasteiger partial charge on any atom is 0.334 e. The summed E-state index contributed by atoms with van der Waals surface area (Å²) in [6.07, 6.45) is 5.68. The van der Waals surface area contributed by atoms with Gasteiger partial charge in [-0.05, 0) is 86.8 Å². The first-order valence-electron chi connectivity index (χ1n) is 15.7. The lowest BCUT2D eigenvalue weighted by molar-refractivity contribution is -0.155. The summed E-state index contributed by atoms with van der Waals surface area (Å²) in [4.78, 5) is 25.4. The van der Waals surface area contributed by atoms with Crippen molar-refractivity contribution in [1.29, 1.82) is 0 Å². The largest absolute Gasteiger partial charge is 0.462 e. The van der Waals surface area contributed by atoms with Gasteiger partial charge in [0.05, 0.1) is 5.92 Å². The Morgan fingerprint density at radius 1 is 0.977 bits per heavy atom. The molecule has 2 unspecified atom stereocenters. The highest BCUT2D eigenvalue weighted by Crippen LogP contribution is 2.30. The second-order valence-corrected chi connectivity index (χ2v) is 13.0. The first kappa shape index (κ1) is 32.1. The number of ether oxygens (including phenoxy) is 2. The molecule has 1 aliphatic heterocycles. The molecule has 2 atom stereocenters. The van der Waals surface area contributed by atoms with Gasteiger partial charge >= 0.3 is 11.9 Å². The highest BCUT2D eigenvalue weighted by Gasteiger charge is 2.31. The van der Waals surface area contributed by atoms with Crippen LogP contribution >= 0.6 is 0 Å². The summed E-state index contributed by atoms with van der Waals surface area (Å²) in [5.74, 6) is 8.00. The van der Waals surface area contributed by atoms with Crippen molar-refractivity contribution in [3.8, 4) is 11.8 Å². The highest BCUT2D eigenvalue weighted by molar-refractivity contribution is 5.90. The topological polar surface area (TPSA) is 65.7 Å². The average molecular weight is 583 g/mol. The van der Waals surface area contributed by atoms with E-state index in [0.717, 1.165) is 52.7 Å². The molecular weight excluding hydrogens is 536 g/mol. The molecule has 0 bridgehead atoms. The minimum absolute atomic E-state index is 0.0653. The van der Waals surface area contributed by atoms with Gasteiger partial charge in [0.1, 0.15) is 24.1 Å². The Kier molecular flexibility index (Phi) is 10.9. The van der Waals surface area contributed by atoms with Crippen LogP contribution in [0.3, 0.4) is 0 Å². The van der Waals surface area contributed by atoms with E-state index in [1.54, 1.807) is 0 Å². The van der Waals surface area contributed by atoms with Crippen molar-refractivity contribution in [3.05, 3.63) is 82.1 Å². The Balaban J connectivity index is 1.31. The number of cyclic esters (lactones) is 1. The monoisotopic (exact) mass is 582 g/mol. The van der Waals surface area contributed by atoms with Crippen LogP contribution in [0.25, 0.3) is 11.0 Å². The van der Waals surface area contributed by atoms with E-state index in [9.17, 15) is 9.59 Å². The average Bonchev–Trinajstić information content (AvgIpc) is 3.47. The van der Waals surface area contributed by atoms with Crippen LogP contribution in [-0.2, 0) is 25.5 Å². The summed E-state index contributed by atoms with van der Waals surface area (Å²) in [5, 5.41) is 0.993. The molecule has 2 heterocycles. The van der Waals surface area contributed by atoms with Gasteiger partial charge < -0.3 is 13.9 Å². The molecule has 2 aromatic carbocycles. The number of benzene rings is 2. The number of furan rings is 1. The summed E-state index contributed by atoms with van der Waals surface area (Å²) in [6.45, 7) is 14.9. The Morgan fingerprint density at radius 2 is 1.63 bits per heavy atom. The molecular formula is C38H46O5. The lowest BCUT2D eigenvalue weighted by Crippen LogP contribution is -2.23. The van der Waals surface area contributed by atoms with Gasteiger partial charge in [-0.1, -0.05) is 70.2 Å². The van der Waals surface area contributed by atoms with Crippen molar-refractivity contribution in [1.82, 2.24) is 0 Å². The van der Waals surface area contributed by atoms with Gasteiger partial charge in [-0.3, -0.25) is 4.79 Å². The molecule has 0 aliphatic carbocycles. The van der Waals surface area contributed by atoms with Crippen LogP contribution in [0.1, 0.15) is 88.3 Å². The number of allylic oxidation sites excluding steroid dienone is 1. The number of fused-ring (bicyclic) bond motifs is 1. The summed E-state index contributed by atoms with van der Waals surface area (Å²) >= 11 is 0. The zero-order chi connectivity index (χ0) is 31.1. The number of carbonyl (C=O) groups excluding carboxylic acids is 2. The van der Waals surface area contributed by atoms with Gasteiger partial charge in [-0.25, -0.2) is 4.79 Å². The zero-order valence-electron chi connectivity index (χ0n) is 26.8. The van der Waals surface area contributed by atoms with Gasteiger partial charge in [-0.15, -0.1) is 0 Å². The van der Waals surface area contributed by atoms with Gasteiger partial charge in [0.2, 0.25) is 0 Å². The minimum atomic E-state index is -0.434. The van der Waals surface area contributed by atoms with Crippen molar-refractivity contribution in [2.75, 3.05) is 6.61 Å². The summed E-state index contributed by atoms with van der Waals surface area (Å²) in [7, 11) is 0. The fraction of sp³-hybridized carbons (Fsp3) is 0.474. The van der Waals surface area contributed by atoms with E-state index >= 15 is 0 Å². The van der Waals surface area contributed by atoms with E-state index in [-0.39, 0.29) is 18.5 Å². The second-order valence-electron chi connectivity index (χ2n) is 13.0. The van der Waals surface area contributed by atoms with E-state index in [0.29, 0.717) is 36.2 Å².